The maximum absolute atomic E-state index is 12.8. The van der Waals surface area contributed by atoms with Gasteiger partial charge in [0.1, 0.15) is 0 Å². The summed E-state index contributed by atoms with van der Waals surface area (Å²) in [5.41, 5.74) is 4.71. The van der Waals surface area contributed by atoms with Gasteiger partial charge >= 0.3 is 0 Å². The number of piperidine rings is 1. The van der Waals surface area contributed by atoms with E-state index >= 15 is 0 Å². The Labute approximate surface area is 164 Å². The molecule has 1 N–H and O–H groups in total. The van der Waals surface area contributed by atoms with Crippen molar-refractivity contribution >= 4 is 17.6 Å². The van der Waals surface area contributed by atoms with E-state index in [0.717, 1.165) is 48.1 Å². The van der Waals surface area contributed by atoms with Gasteiger partial charge in [0.2, 0.25) is 5.91 Å². The van der Waals surface area contributed by atoms with E-state index < -0.39 is 0 Å². The average Bonchev–Trinajstić information content (AvgIpc) is 3.07. The number of benzene rings is 2. The molecule has 1 saturated heterocycles. The number of Topliss-reactive ketones (excluding diaryl/α,β-unsaturated/α-hetero) is 1. The smallest absolute Gasteiger partial charge is 0.253 e. The number of fused-ring (bicyclic) bond motifs is 1. The summed E-state index contributed by atoms with van der Waals surface area (Å²) in [7, 11) is 0. The highest BCUT2D eigenvalue weighted by Gasteiger charge is 2.25. The highest BCUT2D eigenvalue weighted by atomic mass is 16.2. The molecule has 1 fully saturated rings. The van der Waals surface area contributed by atoms with Crippen molar-refractivity contribution < 1.29 is 14.4 Å². The summed E-state index contributed by atoms with van der Waals surface area (Å²) in [6.07, 6.45) is 3.20. The number of hydrogen-bond acceptors (Lipinski definition) is 3. The molecule has 5 heteroatoms. The lowest BCUT2D eigenvalue weighted by atomic mass is 9.99. The third-order valence-electron chi connectivity index (χ3n) is 5.61. The summed E-state index contributed by atoms with van der Waals surface area (Å²) in [5, 5.41) is 2.92. The Morgan fingerprint density at radius 3 is 2.54 bits per heavy atom. The van der Waals surface area contributed by atoms with E-state index in [1.165, 1.54) is 6.92 Å². The molecule has 4 rings (SSSR count). The average molecular weight is 376 g/mol. The number of carbonyl (C=O) groups excluding carboxylic acids is 3. The largest absolute Gasteiger partial charge is 0.352 e. The molecule has 2 aromatic carbocycles. The van der Waals surface area contributed by atoms with Crippen LogP contribution in [0.2, 0.25) is 0 Å². The van der Waals surface area contributed by atoms with Gasteiger partial charge in [-0.15, -0.1) is 0 Å². The topological polar surface area (TPSA) is 66.5 Å². The van der Waals surface area contributed by atoms with Crippen LogP contribution in [0.5, 0.6) is 0 Å². The molecule has 1 aliphatic heterocycles. The van der Waals surface area contributed by atoms with E-state index in [0.29, 0.717) is 18.5 Å². The molecule has 28 heavy (non-hydrogen) atoms. The van der Waals surface area contributed by atoms with Crippen molar-refractivity contribution in [2.45, 2.75) is 38.6 Å². The standard InChI is InChI=1S/C23H24N2O3/c1-15(26)24-20-3-2-12-25(14-20)23(28)17-6-4-16(5-7-17)18-8-10-21-19(13-18)9-11-22(21)27/h4-8,10,13,20H,2-3,9,11-12,14H2,1H3,(H,24,26)/t20-/m1/s1. The van der Waals surface area contributed by atoms with Crippen molar-refractivity contribution in [3.63, 3.8) is 0 Å². The minimum atomic E-state index is -0.0558. The first-order valence-corrected chi connectivity index (χ1v) is 9.84. The van der Waals surface area contributed by atoms with Gasteiger partial charge in [0.05, 0.1) is 0 Å². The zero-order valence-electron chi connectivity index (χ0n) is 16.0. The monoisotopic (exact) mass is 376 g/mol. The molecule has 1 heterocycles. The van der Waals surface area contributed by atoms with Crippen molar-refractivity contribution in [2.75, 3.05) is 13.1 Å². The van der Waals surface area contributed by atoms with Crippen LogP contribution in [0, 0.1) is 0 Å². The first-order valence-electron chi connectivity index (χ1n) is 9.84. The van der Waals surface area contributed by atoms with Crippen LogP contribution in [0.4, 0.5) is 0 Å². The van der Waals surface area contributed by atoms with Gasteiger partial charge in [0.15, 0.2) is 5.78 Å². The molecule has 1 atom stereocenters. The molecule has 2 aliphatic rings. The van der Waals surface area contributed by atoms with Crippen LogP contribution in [-0.2, 0) is 11.2 Å². The molecule has 2 aromatic rings. The second kappa shape index (κ2) is 7.58. The fourth-order valence-corrected chi connectivity index (χ4v) is 4.19. The van der Waals surface area contributed by atoms with E-state index in [2.05, 4.69) is 11.4 Å². The van der Waals surface area contributed by atoms with Gasteiger partial charge in [0.25, 0.3) is 5.91 Å². The van der Waals surface area contributed by atoms with Crippen molar-refractivity contribution in [1.29, 1.82) is 0 Å². The Balaban J connectivity index is 1.48. The summed E-state index contributed by atoms with van der Waals surface area (Å²) >= 11 is 0. The lowest BCUT2D eigenvalue weighted by Gasteiger charge is -2.33. The minimum absolute atomic E-state index is 0.00107. The van der Waals surface area contributed by atoms with Crippen LogP contribution in [0.15, 0.2) is 42.5 Å². The second-order valence-corrected chi connectivity index (χ2v) is 7.66. The van der Waals surface area contributed by atoms with Crippen molar-refractivity contribution in [3.05, 3.63) is 59.2 Å². The minimum Gasteiger partial charge on any atom is -0.352 e. The molecular formula is C23H24N2O3. The third-order valence-corrected chi connectivity index (χ3v) is 5.61. The zero-order valence-corrected chi connectivity index (χ0v) is 16.0. The quantitative estimate of drug-likeness (QED) is 0.894. The van der Waals surface area contributed by atoms with Crippen LogP contribution < -0.4 is 5.32 Å². The van der Waals surface area contributed by atoms with Gasteiger partial charge in [-0.1, -0.05) is 30.3 Å². The molecular weight excluding hydrogens is 352 g/mol. The first-order chi connectivity index (χ1) is 13.5. The molecule has 2 amide bonds. The van der Waals surface area contributed by atoms with E-state index in [1.54, 1.807) is 0 Å². The Morgan fingerprint density at radius 1 is 1.04 bits per heavy atom. The van der Waals surface area contributed by atoms with E-state index in [9.17, 15) is 14.4 Å². The summed E-state index contributed by atoms with van der Waals surface area (Å²) < 4.78 is 0. The number of hydrogen-bond donors (Lipinski definition) is 1. The molecule has 1 aliphatic carbocycles. The summed E-state index contributed by atoms with van der Waals surface area (Å²) in [6, 6.07) is 13.6. The third kappa shape index (κ3) is 3.70. The Bertz CT molecular complexity index is 933. The van der Waals surface area contributed by atoms with Crippen LogP contribution in [0.3, 0.4) is 0 Å². The maximum Gasteiger partial charge on any atom is 0.253 e. The Kier molecular flexibility index (Phi) is 4.99. The normalized spacial score (nSPS) is 18.7. The maximum atomic E-state index is 12.8. The molecule has 0 aromatic heterocycles. The van der Waals surface area contributed by atoms with Gasteiger partial charge in [-0.2, -0.15) is 0 Å². The number of ketones is 1. The van der Waals surface area contributed by atoms with E-state index in [1.807, 2.05) is 41.3 Å². The molecule has 0 unspecified atom stereocenters. The van der Waals surface area contributed by atoms with Gasteiger partial charge < -0.3 is 10.2 Å². The van der Waals surface area contributed by atoms with Crippen LogP contribution in [0.25, 0.3) is 11.1 Å². The number of carbonyl (C=O) groups is 3. The Morgan fingerprint density at radius 2 is 1.79 bits per heavy atom. The van der Waals surface area contributed by atoms with Gasteiger partial charge in [0, 0.05) is 43.6 Å². The van der Waals surface area contributed by atoms with Crippen molar-refractivity contribution in [1.82, 2.24) is 10.2 Å². The molecule has 0 spiro atoms. The SMILES string of the molecule is CC(=O)N[C@@H]1CCCN(C(=O)c2ccc(-c3ccc4c(c3)CCC4=O)cc2)C1. The lowest BCUT2D eigenvalue weighted by molar-refractivity contribution is -0.120. The first kappa shape index (κ1) is 18.4. The Hall–Kier alpha value is -2.95. The summed E-state index contributed by atoms with van der Waals surface area (Å²) in [6.45, 7) is 2.78. The number of nitrogens with zero attached hydrogens (tertiary/aromatic N) is 1. The molecule has 0 radical (unpaired) electrons. The fourth-order valence-electron chi connectivity index (χ4n) is 4.19. The van der Waals surface area contributed by atoms with Crippen molar-refractivity contribution in [3.8, 4) is 11.1 Å². The zero-order chi connectivity index (χ0) is 19.7. The molecule has 0 saturated carbocycles. The molecule has 5 nitrogen and oxygen atoms in total. The number of amides is 2. The highest BCUT2D eigenvalue weighted by Crippen LogP contribution is 2.28. The fraction of sp³-hybridized carbons (Fsp3) is 0.348. The van der Waals surface area contributed by atoms with Crippen LogP contribution in [0.1, 0.15) is 52.5 Å². The van der Waals surface area contributed by atoms with Crippen LogP contribution >= 0.6 is 0 Å². The second-order valence-electron chi connectivity index (χ2n) is 7.66. The highest BCUT2D eigenvalue weighted by molar-refractivity contribution is 6.01. The molecule has 0 bridgehead atoms. The lowest BCUT2D eigenvalue weighted by Crippen LogP contribution is -2.49. The summed E-state index contributed by atoms with van der Waals surface area (Å²) in [4.78, 5) is 37.7. The predicted octanol–water partition coefficient (Wildman–Crippen LogP) is 3.22. The summed E-state index contributed by atoms with van der Waals surface area (Å²) in [5.74, 6) is 0.169. The molecule has 144 valence electrons. The van der Waals surface area contributed by atoms with E-state index in [-0.39, 0.29) is 23.6 Å². The van der Waals surface area contributed by atoms with Crippen LogP contribution in [-0.4, -0.2) is 41.6 Å². The number of likely N-dealkylation sites (tertiary alicyclic amines) is 1. The number of nitrogens with one attached hydrogen (secondary N) is 1. The van der Waals surface area contributed by atoms with E-state index in [4.69, 9.17) is 0 Å². The van der Waals surface area contributed by atoms with Gasteiger partial charge in [-0.25, -0.2) is 0 Å². The van der Waals surface area contributed by atoms with Gasteiger partial charge in [-0.3, -0.25) is 14.4 Å². The van der Waals surface area contributed by atoms with Crippen molar-refractivity contribution in [2.24, 2.45) is 0 Å². The number of rotatable bonds is 3. The predicted molar refractivity (Wildman–Crippen MR) is 107 cm³/mol. The van der Waals surface area contributed by atoms with Gasteiger partial charge in [-0.05, 0) is 48.1 Å². The number of aryl methyl sites for hydroxylation is 1.